The quantitative estimate of drug-likeness (QED) is 0.791. The maximum atomic E-state index is 5.69. The summed E-state index contributed by atoms with van der Waals surface area (Å²) in [7, 11) is 1.65. The molecule has 0 N–H and O–H groups in total. The number of aromatic nitrogens is 1. The van der Waals surface area contributed by atoms with E-state index >= 15 is 0 Å². The van der Waals surface area contributed by atoms with Crippen molar-refractivity contribution in [3.8, 4) is 11.5 Å². The van der Waals surface area contributed by atoms with Crippen molar-refractivity contribution in [2.75, 3.05) is 7.11 Å². The molecule has 3 heteroatoms. The summed E-state index contributed by atoms with van der Waals surface area (Å²) in [4.78, 5) is 4.09. The van der Waals surface area contributed by atoms with E-state index in [1.54, 1.807) is 13.3 Å². The third kappa shape index (κ3) is 2.08. The highest BCUT2D eigenvalue weighted by Crippen LogP contribution is 2.32. The predicted octanol–water partition coefficient (Wildman–Crippen LogP) is 3.03. The van der Waals surface area contributed by atoms with Gasteiger partial charge in [0.2, 0.25) is 0 Å². The number of ether oxygens (including phenoxy) is 2. The normalized spacial score (nSPS) is 10.8. The van der Waals surface area contributed by atoms with Gasteiger partial charge in [-0.1, -0.05) is 0 Å². The van der Waals surface area contributed by atoms with Crippen LogP contribution < -0.4 is 9.47 Å². The van der Waals surface area contributed by atoms with Crippen LogP contribution >= 0.6 is 0 Å². The lowest BCUT2D eigenvalue weighted by Crippen LogP contribution is -2.06. The molecule has 0 bridgehead atoms. The summed E-state index contributed by atoms with van der Waals surface area (Å²) in [6, 6.07) is 5.88. The maximum absolute atomic E-state index is 5.69. The Kier molecular flexibility index (Phi) is 2.95. The lowest BCUT2D eigenvalue weighted by Gasteiger charge is -2.14. The van der Waals surface area contributed by atoms with Gasteiger partial charge in [-0.25, -0.2) is 0 Å². The van der Waals surface area contributed by atoms with Crippen LogP contribution in [0.4, 0.5) is 0 Å². The topological polar surface area (TPSA) is 31.4 Å². The number of nitrogens with zero attached hydrogens (tertiary/aromatic N) is 1. The van der Waals surface area contributed by atoms with Gasteiger partial charge >= 0.3 is 0 Å². The highest BCUT2D eigenvalue weighted by atomic mass is 16.5. The van der Waals surface area contributed by atoms with Crippen molar-refractivity contribution >= 4 is 10.8 Å². The number of hydrogen-bond acceptors (Lipinski definition) is 3. The number of methoxy groups -OCH3 is 1. The number of hydrogen-bond donors (Lipinski definition) is 0. The van der Waals surface area contributed by atoms with Gasteiger partial charge in [-0.05, 0) is 37.4 Å². The fourth-order valence-electron chi connectivity index (χ4n) is 1.60. The Labute approximate surface area is 95.0 Å². The van der Waals surface area contributed by atoms with Crippen LogP contribution in [0, 0.1) is 0 Å². The van der Waals surface area contributed by atoms with Gasteiger partial charge in [-0.3, -0.25) is 4.98 Å². The van der Waals surface area contributed by atoms with E-state index in [1.807, 2.05) is 38.2 Å². The molecule has 84 valence electrons. The minimum atomic E-state index is 0.128. The zero-order valence-corrected chi connectivity index (χ0v) is 9.73. The number of benzene rings is 1. The van der Waals surface area contributed by atoms with E-state index in [-0.39, 0.29) is 6.10 Å². The first kappa shape index (κ1) is 10.7. The molecular weight excluding hydrogens is 202 g/mol. The Hall–Kier alpha value is -1.77. The minimum Gasteiger partial charge on any atom is -0.493 e. The van der Waals surface area contributed by atoms with Crippen molar-refractivity contribution in [1.82, 2.24) is 4.98 Å². The van der Waals surface area contributed by atoms with Crippen LogP contribution in [0.25, 0.3) is 10.8 Å². The van der Waals surface area contributed by atoms with E-state index in [1.165, 1.54) is 0 Å². The van der Waals surface area contributed by atoms with Gasteiger partial charge in [-0.15, -0.1) is 0 Å². The first-order chi connectivity index (χ1) is 7.70. The van der Waals surface area contributed by atoms with Gasteiger partial charge in [-0.2, -0.15) is 0 Å². The summed E-state index contributed by atoms with van der Waals surface area (Å²) >= 11 is 0. The van der Waals surface area contributed by atoms with Crippen LogP contribution in [0.5, 0.6) is 11.5 Å². The van der Waals surface area contributed by atoms with Crippen molar-refractivity contribution in [2.45, 2.75) is 20.0 Å². The van der Waals surface area contributed by atoms with Crippen molar-refractivity contribution < 1.29 is 9.47 Å². The van der Waals surface area contributed by atoms with Crippen molar-refractivity contribution in [3.05, 3.63) is 30.6 Å². The van der Waals surface area contributed by atoms with Crippen molar-refractivity contribution in [2.24, 2.45) is 0 Å². The summed E-state index contributed by atoms with van der Waals surface area (Å²) < 4.78 is 11.0. The zero-order chi connectivity index (χ0) is 11.5. The lowest BCUT2D eigenvalue weighted by atomic mass is 10.1. The van der Waals surface area contributed by atoms with E-state index in [0.717, 1.165) is 22.3 Å². The van der Waals surface area contributed by atoms with E-state index < -0.39 is 0 Å². The SMILES string of the molecule is COc1cc2ccncc2cc1OC(C)C. The Morgan fingerprint density at radius 3 is 2.56 bits per heavy atom. The van der Waals surface area contributed by atoms with Crippen LogP contribution in [0.15, 0.2) is 30.6 Å². The number of fused-ring (bicyclic) bond motifs is 1. The molecule has 0 aliphatic carbocycles. The monoisotopic (exact) mass is 217 g/mol. The summed E-state index contributed by atoms with van der Waals surface area (Å²) in [5, 5.41) is 2.15. The molecule has 1 aromatic carbocycles. The molecule has 2 rings (SSSR count). The highest BCUT2D eigenvalue weighted by molar-refractivity contribution is 5.85. The molecule has 1 aromatic heterocycles. The van der Waals surface area contributed by atoms with Crippen LogP contribution in [0.3, 0.4) is 0 Å². The first-order valence-corrected chi connectivity index (χ1v) is 5.29. The molecule has 0 aliphatic rings. The van der Waals surface area contributed by atoms with Crippen molar-refractivity contribution in [3.63, 3.8) is 0 Å². The second kappa shape index (κ2) is 4.39. The Morgan fingerprint density at radius 2 is 1.88 bits per heavy atom. The second-order valence-electron chi connectivity index (χ2n) is 3.89. The fraction of sp³-hybridized carbons (Fsp3) is 0.308. The molecule has 0 saturated carbocycles. The molecule has 0 amide bonds. The molecule has 1 heterocycles. The van der Waals surface area contributed by atoms with Crippen LogP contribution in [0.2, 0.25) is 0 Å². The van der Waals surface area contributed by atoms with E-state index in [9.17, 15) is 0 Å². The molecule has 0 unspecified atom stereocenters. The summed E-state index contributed by atoms with van der Waals surface area (Å²) in [5.74, 6) is 1.52. The molecule has 0 saturated heterocycles. The van der Waals surface area contributed by atoms with Gasteiger partial charge < -0.3 is 9.47 Å². The van der Waals surface area contributed by atoms with Crippen LogP contribution in [0.1, 0.15) is 13.8 Å². The molecule has 0 atom stereocenters. The summed E-state index contributed by atoms with van der Waals surface area (Å²) in [6.07, 6.45) is 3.72. The smallest absolute Gasteiger partial charge is 0.162 e. The predicted molar refractivity (Wildman–Crippen MR) is 64.1 cm³/mol. The zero-order valence-electron chi connectivity index (χ0n) is 9.73. The standard InChI is InChI=1S/C13H15NO2/c1-9(2)16-13-7-11-8-14-5-4-10(11)6-12(13)15-3/h4-9H,1-3H3. The molecule has 0 radical (unpaired) electrons. The highest BCUT2D eigenvalue weighted by Gasteiger charge is 2.08. The maximum Gasteiger partial charge on any atom is 0.162 e. The summed E-state index contributed by atoms with van der Waals surface area (Å²) in [6.45, 7) is 3.99. The largest absolute Gasteiger partial charge is 0.493 e. The van der Waals surface area contributed by atoms with E-state index in [2.05, 4.69) is 4.98 Å². The Bertz CT molecular complexity index is 494. The lowest BCUT2D eigenvalue weighted by molar-refractivity contribution is 0.230. The van der Waals surface area contributed by atoms with Gasteiger partial charge in [0.1, 0.15) is 0 Å². The first-order valence-electron chi connectivity index (χ1n) is 5.29. The van der Waals surface area contributed by atoms with Gasteiger partial charge in [0.05, 0.1) is 13.2 Å². The molecule has 3 nitrogen and oxygen atoms in total. The average Bonchev–Trinajstić information content (AvgIpc) is 2.27. The van der Waals surface area contributed by atoms with Crippen LogP contribution in [-0.2, 0) is 0 Å². The van der Waals surface area contributed by atoms with Crippen molar-refractivity contribution in [1.29, 1.82) is 0 Å². The van der Waals surface area contributed by atoms with Gasteiger partial charge in [0.25, 0.3) is 0 Å². The number of rotatable bonds is 3. The van der Waals surface area contributed by atoms with E-state index in [4.69, 9.17) is 9.47 Å². The molecule has 0 aliphatic heterocycles. The van der Waals surface area contributed by atoms with E-state index in [0.29, 0.717) is 0 Å². The van der Waals surface area contributed by atoms with Gasteiger partial charge in [0.15, 0.2) is 11.5 Å². The third-order valence-electron chi connectivity index (χ3n) is 2.29. The third-order valence-corrected chi connectivity index (χ3v) is 2.29. The Morgan fingerprint density at radius 1 is 1.12 bits per heavy atom. The summed E-state index contributed by atoms with van der Waals surface area (Å²) in [5.41, 5.74) is 0. The van der Waals surface area contributed by atoms with Gasteiger partial charge in [0, 0.05) is 17.8 Å². The second-order valence-corrected chi connectivity index (χ2v) is 3.89. The average molecular weight is 217 g/mol. The molecular formula is C13H15NO2. The molecule has 16 heavy (non-hydrogen) atoms. The molecule has 2 aromatic rings. The Balaban J connectivity index is 2.53. The minimum absolute atomic E-state index is 0.128. The van der Waals surface area contributed by atoms with Crippen LogP contribution in [-0.4, -0.2) is 18.2 Å². The number of pyridine rings is 1. The molecule has 0 fully saturated rings. The fourth-order valence-corrected chi connectivity index (χ4v) is 1.60. The molecule has 0 spiro atoms.